The molecule has 0 atom stereocenters. The molecule has 88 valence electrons. The molecular weight excluding hydrogens is 259 g/mol. The van der Waals surface area contributed by atoms with Crippen LogP contribution in [-0.4, -0.2) is 15.6 Å². The molecule has 17 heavy (non-hydrogen) atoms. The highest BCUT2D eigenvalue weighted by Gasteiger charge is 2.07. The first-order chi connectivity index (χ1) is 8.21. The molecule has 1 aromatic heterocycles. The number of rotatable bonds is 4. The van der Waals surface area contributed by atoms with Gasteiger partial charge in [-0.05, 0) is 29.7 Å². The molecule has 0 fully saturated rings. The molecule has 0 N–H and O–H groups in total. The Morgan fingerprint density at radius 1 is 1.47 bits per heavy atom. The molecule has 0 aliphatic heterocycles. The molecule has 0 aliphatic rings. The van der Waals surface area contributed by atoms with Gasteiger partial charge in [-0.3, -0.25) is 4.79 Å². The molecule has 6 heteroatoms. The van der Waals surface area contributed by atoms with E-state index >= 15 is 0 Å². The van der Waals surface area contributed by atoms with Gasteiger partial charge in [0.1, 0.15) is 17.9 Å². The van der Waals surface area contributed by atoms with E-state index in [2.05, 4.69) is 9.36 Å². The van der Waals surface area contributed by atoms with Crippen LogP contribution in [0.2, 0.25) is 0 Å². The third-order valence-corrected chi connectivity index (χ3v) is 3.76. The summed E-state index contributed by atoms with van der Waals surface area (Å²) in [4.78, 5) is 15.5. The van der Waals surface area contributed by atoms with Crippen LogP contribution in [0.3, 0.4) is 0 Å². The number of carbonyl (C=O) groups is 1. The van der Waals surface area contributed by atoms with Crippen LogP contribution in [0, 0.1) is 5.82 Å². The second-order valence-electron chi connectivity index (χ2n) is 3.27. The van der Waals surface area contributed by atoms with Gasteiger partial charge in [0.2, 0.25) is 0 Å². The van der Waals surface area contributed by atoms with Crippen LogP contribution in [0.25, 0.3) is 0 Å². The van der Waals surface area contributed by atoms with Gasteiger partial charge in [-0.25, -0.2) is 9.37 Å². The van der Waals surface area contributed by atoms with Gasteiger partial charge in [0.05, 0.1) is 0 Å². The van der Waals surface area contributed by atoms with Gasteiger partial charge < -0.3 is 0 Å². The first-order valence-electron chi connectivity index (χ1n) is 4.97. The van der Waals surface area contributed by atoms with Crippen molar-refractivity contribution in [1.82, 2.24) is 9.36 Å². The Morgan fingerprint density at radius 3 is 2.94 bits per heavy atom. The Morgan fingerprint density at radius 2 is 2.29 bits per heavy atom. The minimum atomic E-state index is -0.419. The Labute approximate surface area is 106 Å². The maximum Gasteiger partial charge on any atom is 0.174 e. The summed E-state index contributed by atoms with van der Waals surface area (Å²) in [5.74, 6) is 0.363. The van der Waals surface area contributed by atoms with Crippen LogP contribution >= 0.6 is 23.3 Å². The van der Waals surface area contributed by atoms with Crippen molar-refractivity contribution in [3.63, 3.8) is 0 Å². The van der Waals surface area contributed by atoms with Gasteiger partial charge in [0, 0.05) is 16.9 Å². The summed E-state index contributed by atoms with van der Waals surface area (Å²) < 4.78 is 18.1. The normalized spacial score (nSPS) is 10.5. The fourth-order valence-electron chi connectivity index (χ4n) is 1.24. The number of hydrogen-bond donors (Lipinski definition) is 0. The number of nitrogens with zero attached hydrogens (tertiary/aromatic N) is 2. The average molecular weight is 268 g/mol. The monoisotopic (exact) mass is 268 g/mol. The van der Waals surface area contributed by atoms with Crippen molar-refractivity contribution in [2.45, 2.75) is 22.6 Å². The molecule has 0 unspecified atom stereocenters. The molecule has 0 spiro atoms. The lowest BCUT2D eigenvalue weighted by Crippen LogP contribution is -1.85. The number of aldehydes is 1. The molecule has 1 heterocycles. The average Bonchev–Trinajstić information content (AvgIpc) is 2.76. The van der Waals surface area contributed by atoms with E-state index in [1.807, 2.05) is 6.92 Å². The fraction of sp³-hybridized carbons (Fsp3) is 0.182. The van der Waals surface area contributed by atoms with E-state index in [4.69, 9.17) is 0 Å². The molecule has 2 rings (SSSR count). The van der Waals surface area contributed by atoms with Gasteiger partial charge >= 0.3 is 0 Å². The van der Waals surface area contributed by atoms with E-state index in [0.717, 1.165) is 16.6 Å². The molecule has 0 aliphatic carbocycles. The Kier molecular flexibility index (Phi) is 3.86. The molecule has 2 aromatic rings. The van der Waals surface area contributed by atoms with Crippen LogP contribution in [0.5, 0.6) is 0 Å². The second kappa shape index (κ2) is 5.37. The third-order valence-electron chi connectivity index (χ3n) is 2.00. The SMILES string of the molecule is CCc1nsc(Sc2cc(F)cc(C=O)c2)n1. The summed E-state index contributed by atoms with van der Waals surface area (Å²) in [6.45, 7) is 1.98. The van der Waals surface area contributed by atoms with Gasteiger partial charge in [-0.2, -0.15) is 4.37 Å². The van der Waals surface area contributed by atoms with E-state index in [1.165, 1.54) is 35.4 Å². The zero-order chi connectivity index (χ0) is 12.3. The highest BCUT2D eigenvalue weighted by Crippen LogP contribution is 2.30. The highest BCUT2D eigenvalue weighted by molar-refractivity contribution is 8.01. The van der Waals surface area contributed by atoms with E-state index in [-0.39, 0.29) is 0 Å². The van der Waals surface area contributed by atoms with Crippen molar-refractivity contribution in [3.05, 3.63) is 35.4 Å². The summed E-state index contributed by atoms with van der Waals surface area (Å²) in [6.07, 6.45) is 1.41. The molecule has 0 saturated heterocycles. The Balaban J connectivity index is 2.23. The minimum absolute atomic E-state index is 0.327. The molecule has 0 saturated carbocycles. The molecular formula is C11H9FN2OS2. The lowest BCUT2D eigenvalue weighted by Gasteiger charge is -1.99. The zero-order valence-corrected chi connectivity index (χ0v) is 10.6. The maximum atomic E-state index is 13.2. The number of aromatic nitrogens is 2. The smallest absolute Gasteiger partial charge is 0.174 e. The van der Waals surface area contributed by atoms with Gasteiger partial charge in [-0.15, -0.1) is 0 Å². The summed E-state index contributed by atoms with van der Waals surface area (Å²) in [5, 5.41) is 0. The maximum absolute atomic E-state index is 13.2. The first kappa shape index (κ1) is 12.2. The van der Waals surface area contributed by atoms with Crippen molar-refractivity contribution < 1.29 is 9.18 Å². The van der Waals surface area contributed by atoms with Crippen LogP contribution in [0.4, 0.5) is 4.39 Å². The van der Waals surface area contributed by atoms with Crippen LogP contribution in [0.15, 0.2) is 27.4 Å². The van der Waals surface area contributed by atoms with Crippen molar-refractivity contribution in [3.8, 4) is 0 Å². The van der Waals surface area contributed by atoms with Gasteiger partial charge in [-0.1, -0.05) is 18.7 Å². The number of hydrogen-bond acceptors (Lipinski definition) is 5. The van der Waals surface area contributed by atoms with E-state index < -0.39 is 5.82 Å². The zero-order valence-electron chi connectivity index (χ0n) is 9.01. The quantitative estimate of drug-likeness (QED) is 0.799. The number of carbonyl (C=O) groups excluding carboxylic acids is 1. The standard InChI is InChI=1S/C11H9FN2OS2/c1-2-10-13-11(17-14-10)16-9-4-7(6-15)3-8(12)5-9/h3-6H,2H2,1H3. The van der Waals surface area contributed by atoms with Crippen molar-refractivity contribution in [1.29, 1.82) is 0 Å². The van der Waals surface area contributed by atoms with Crippen molar-refractivity contribution in [2.75, 3.05) is 0 Å². The molecule has 0 radical (unpaired) electrons. The Hall–Kier alpha value is -1.27. The minimum Gasteiger partial charge on any atom is -0.298 e. The van der Waals surface area contributed by atoms with E-state index in [9.17, 15) is 9.18 Å². The molecule has 3 nitrogen and oxygen atoms in total. The van der Waals surface area contributed by atoms with E-state index in [1.54, 1.807) is 6.07 Å². The van der Waals surface area contributed by atoms with Crippen LogP contribution in [-0.2, 0) is 6.42 Å². The van der Waals surface area contributed by atoms with Crippen LogP contribution < -0.4 is 0 Å². The summed E-state index contributed by atoms with van der Waals surface area (Å²) in [5.41, 5.74) is 0.327. The van der Waals surface area contributed by atoms with E-state index in [0.29, 0.717) is 16.7 Å². The van der Waals surface area contributed by atoms with Crippen LogP contribution in [0.1, 0.15) is 23.1 Å². The number of benzene rings is 1. The molecule has 0 bridgehead atoms. The number of aryl methyl sites for hydroxylation is 1. The molecule has 1 aromatic carbocycles. The second-order valence-corrected chi connectivity index (χ2v) is 5.34. The fourth-order valence-corrected chi connectivity index (χ4v) is 3.00. The topological polar surface area (TPSA) is 42.9 Å². The lowest BCUT2D eigenvalue weighted by atomic mass is 10.2. The third kappa shape index (κ3) is 3.10. The first-order valence-corrected chi connectivity index (χ1v) is 6.56. The predicted molar refractivity (Wildman–Crippen MR) is 65.2 cm³/mol. The lowest BCUT2D eigenvalue weighted by molar-refractivity contribution is 0.112. The number of halogens is 1. The Bertz CT molecular complexity index is 542. The van der Waals surface area contributed by atoms with Gasteiger partial charge in [0.25, 0.3) is 0 Å². The molecule has 0 amide bonds. The largest absolute Gasteiger partial charge is 0.298 e. The van der Waals surface area contributed by atoms with Crippen molar-refractivity contribution in [2.24, 2.45) is 0 Å². The predicted octanol–water partition coefficient (Wildman–Crippen LogP) is 3.20. The van der Waals surface area contributed by atoms with Crippen molar-refractivity contribution >= 4 is 29.6 Å². The summed E-state index contributed by atoms with van der Waals surface area (Å²) in [7, 11) is 0. The summed E-state index contributed by atoms with van der Waals surface area (Å²) in [6, 6.07) is 4.22. The van der Waals surface area contributed by atoms with Gasteiger partial charge in [0.15, 0.2) is 4.34 Å². The highest BCUT2D eigenvalue weighted by atomic mass is 32.2. The summed E-state index contributed by atoms with van der Waals surface area (Å²) >= 11 is 2.59.